The summed E-state index contributed by atoms with van der Waals surface area (Å²) in [5.41, 5.74) is 0.161. The molecule has 1 N–H and O–H groups in total. The maximum absolute atomic E-state index is 13.2. The van der Waals surface area contributed by atoms with Crippen molar-refractivity contribution >= 4 is 22.8 Å². The first-order chi connectivity index (χ1) is 15.0. The molecule has 162 valence electrons. The first kappa shape index (κ1) is 20.9. The molecule has 1 unspecified atom stereocenters. The Kier molecular flexibility index (Phi) is 6.20. The number of aromatic nitrogens is 4. The lowest BCUT2D eigenvalue weighted by molar-refractivity contribution is -0.120. The van der Waals surface area contributed by atoms with Crippen molar-refractivity contribution in [3.8, 4) is 5.88 Å². The van der Waals surface area contributed by atoms with Gasteiger partial charge in [0, 0.05) is 6.07 Å². The van der Waals surface area contributed by atoms with Crippen molar-refractivity contribution in [2.45, 2.75) is 44.6 Å². The summed E-state index contributed by atoms with van der Waals surface area (Å²) in [6.07, 6.45) is 8.37. The van der Waals surface area contributed by atoms with E-state index in [1.54, 1.807) is 12.1 Å². The quantitative estimate of drug-likeness (QED) is 0.649. The molecule has 3 aromatic rings. The number of hydrogen-bond donors (Lipinski definition) is 1. The molecule has 0 radical (unpaired) electrons. The van der Waals surface area contributed by atoms with E-state index in [0.29, 0.717) is 23.7 Å². The van der Waals surface area contributed by atoms with Gasteiger partial charge in [0.25, 0.3) is 5.56 Å². The third-order valence-electron chi connectivity index (χ3n) is 5.71. The van der Waals surface area contributed by atoms with Gasteiger partial charge in [-0.3, -0.25) is 14.2 Å². The molecule has 8 nitrogen and oxygen atoms in total. The minimum Gasteiger partial charge on any atom is -0.481 e. The van der Waals surface area contributed by atoms with Gasteiger partial charge in [0.1, 0.15) is 17.7 Å². The Hall–Kier alpha value is -3.36. The minimum atomic E-state index is -0.785. The topological polar surface area (TPSA) is 99.0 Å². The number of rotatable bonds is 6. The fourth-order valence-corrected chi connectivity index (χ4v) is 4.08. The van der Waals surface area contributed by atoms with Crippen molar-refractivity contribution in [2.24, 2.45) is 5.92 Å². The highest BCUT2D eigenvalue weighted by Gasteiger charge is 2.28. The number of pyridine rings is 2. The second kappa shape index (κ2) is 9.20. The zero-order valence-electron chi connectivity index (χ0n) is 17.3. The van der Waals surface area contributed by atoms with Gasteiger partial charge in [-0.25, -0.2) is 19.3 Å². The highest BCUT2D eigenvalue weighted by atomic mass is 19.1. The number of nitrogens with zero attached hydrogens (tertiary/aromatic N) is 4. The lowest BCUT2D eigenvalue weighted by Gasteiger charge is -2.27. The van der Waals surface area contributed by atoms with Crippen molar-refractivity contribution < 1.29 is 13.9 Å². The smallest absolute Gasteiger partial charge is 0.280 e. The molecule has 4 rings (SSSR count). The van der Waals surface area contributed by atoms with Crippen molar-refractivity contribution in [3.05, 3.63) is 53.0 Å². The third-order valence-corrected chi connectivity index (χ3v) is 5.71. The van der Waals surface area contributed by atoms with Crippen LogP contribution >= 0.6 is 0 Å². The van der Waals surface area contributed by atoms with E-state index in [0.717, 1.165) is 31.9 Å². The first-order valence-electron chi connectivity index (χ1n) is 10.4. The number of fused-ring (bicyclic) bond motifs is 1. The van der Waals surface area contributed by atoms with Gasteiger partial charge < -0.3 is 10.1 Å². The average Bonchev–Trinajstić information content (AvgIpc) is 2.80. The number of carbonyl (C=O) groups is 1. The van der Waals surface area contributed by atoms with Gasteiger partial charge >= 0.3 is 0 Å². The SMILES string of the molecule is COc1ccc2ncn(C(CC3CCCCC3)C(=O)Nc3ccc(F)cn3)c(=O)c2n1. The van der Waals surface area contributed by atoms with Gasteiger partial charge in [0.05, 0.1) is 25.2 Å². The van der Waals surface area contributed by atoms with Crippen LogP contribution in [-0.4, -0.2) is 32.5 Å². The molecular weight excluding hydrogens is 401 g/mol. The van der Waals surface area contributed by atoms with E-state index in [9.17, 15) is 14.0 Å². The predicted octanol–water partition coefficient (Wildman–Crippen LogP) is 3.48. The Bertz CT molecular complexity index is 1130. The summed E-state index contributed by atoms with van der Waals surface area (Å²) in [7, 11) is 1.47. The number of methoxy groups -OCH3 is 1. The number of halogens is 1. The van der Waals surface area contributed by atoms with Crippen LogP contribution < -0.4 is 15.6 Å². The van der Waals surface area contributed by atoms with Crippen LogP contribution in [0.1, 0.15) is 44.6 Å². The fourth-order valence-electron chi connectivity index (χ4n) is 4.08. The van der Waals surface area contributed by atoms with Gasteiger partial charge in [-0.05, 0) is 30.5 Å². The Labute approximate surface area is 178 Å². The molecular formula is C22H24FN5O3. The molecule has 31 heavy (non-hydrogen) atoms. The second-order valence-electron chi connectivity index (χ2n) is 7.78. The van der Waals surface area contributed by atoms with Crippen molar-refractivity contribution in [2.75, 3.05) is 12.4 Å². The van der Waals surface area contributed by atoms with Crippen LogP contribution in [0.3, 0.4) is 0 Å². The first-order valence-corrected chi connectivity index (χ1v) is 10.4. The van der Waals surface area contributed by atoms with Gasteiger partial charge in [-0.15, -0.1) is 0 Å². The molecule has 1 aliphatic carbocycles. The third kappa shape index (κ3) is 4.70. The summed E-state index contributed by atoms with van der Waals surface area (Å²) in [5, 5.41) is 2.71. The fraction of sp³-hybridized carbons (Fsp3) is 0.409. The van der Waals surface area contributed by atoms with E-state index >= 15 is 0 Å². The molecule has 0 spiro atoms. The number of carbonyl (C=O) groups excluding carboxylic acids is 1. The van der Waals surface area contributed by atoms with Crippen LogP contribution in [0.5, 0.6) is 5.88 Å². The number of amides is 1. The predicted molar refractivity (Wildman–Crippen MR) is 113 cm³/mol. The molecule has 1 fully saturated rings. The molecule has 0 aliphatic heterocycles. The minimum absolute atomic E-state index is 0.142. The van der Waals surface area contributed by atoms with E-state index < -0.39 is 23.3 Å². The van der Waals surface area contributed by atoms with Crippen LogP contribution in [0.4, 0.5) is 10.2 Å². The van der Waals surface area contributed by atoms with Crippen molar-refractivity contribution in [3.63, 3.8) is 0 Å². The molecule has 0 aromatic carbocycles. The molecule has 1 atom stereocenters. The lowest BCUT2D eigenvalue weighted by Crippen LogP contribution is -2.35. The second-order valence-corrected chi connectivity index (χ2v) is 7.78. The molecule has 1 aliphatic rings. The highest BCUT2D eigenvalue weighted by molar-refractivity contribution is 5.93. The maximum Gasteiger partial charge on any atom is 0.280 e. The van der Waals surface area contributed by atoms with Crippen LogP contribution in [-0.2, 0) is 4.79 Å². The summed E-state index contributed by atoms with van der Waals surface area (Å²) >= 11 is 0. The highest BCUT2D eigenvalue weighted by Crippen LogP contribution is 2.31. The summed E-state index contributed by atoms with van der Waals surface area (Å²) in [4.78, 5) is 38.9. The van der Waals surface area contributed by atoms with E-state index in [1.165, 1.54) is 36.6 Å². The van der Waals surface area contributed by atoms with Gasteiger partial charge in [0.15, 0.2) is 5.52 Å². The van der Waals surface area contributed by atoms with Crippen LogP contribution in [0, 0.1) is 11.7 Å². The molecule has 0 bridgehead atoms. The average molecular weight is 425 g/mol. The van der Waals surface area contributed by atoms with Gasteiger partial charge in [-0.2, -0.15) is 0 Å². The summed E-state index contributed by atoms with van der Waals surface area (Å²) in [5.74, 6) is -0.0383. The number of anilines is 1. The zero-order chi connectivity index (χ0) is 21.8. The van der Waals surface area contributed by atoms with Crippen LogP contribution in [0.25, 0.3) is 11.0 Å². The van der Waals surface area contributed by atoms with Crippen molar-refractivity contribution in [1.29, 1.82) is 0 Å². The maximum atomic E-state index is 13.2. The van der Waals surface area contributed by atoms with Gasteiger partial charge in [-0.1, -0.05) is 32.1 Å². The van der Waals surface area contributed by atoms with Crippen molar-refractivity contribution in [1.82, 2.24) is 19.5 Å². The molecule has 3 heterocycles. The number of nitrogens with one attached hydrogen (secondary N) is 1. The molecule has 1 amide bonds. The van der Waals surface area contributed by atoms with Gasteiger partial charge in [0.2, 0.25) is 11.8 Å². The van der Waals surface area contributed by atoms with E-state index in [1.807, 2.05) is 0 Å². The van der Waals surface area contributed by atoms with E-state index in [4.69, 9.17) is 4.74 Å². The molecule has 0 saturated heterocycles. The summed E-state index contributed by atoms with van der Waals surface area (Å²) < 4.78 is 19.6. The van der Waals surface area contributed by atoms with Crippen LogP contribution in [0.2, 0.25) is 0 Å². The lowest BCUT2D eigenvalue weighted by atomic mass is 9.84. The normalized spacial score (nSPS) is 15.5. The standard InChI is InChI=1S/C22H24FN5O3/c1-31-19-10-8-16-20(27-19)22(30)28(13-25-16)17(11-14-5-3-2-4-6-14)21(29)26-18-9-7-15(23)12-24-18/h7-10,12-14,17H,2-6,11H2,1H3,(H,24,26,29). The molecule has 1 saturated carbocycles. The summed E-state index contributed by atoms with van der Waals surface area (Å²) in [6.45, 7) is 0. The number of ether oxygens (including phenoxy) is 1. The Morgan fingerprint density at radius 1 is 1.23 bits per heavy atom. The largest absolute Gasteiger partial charge is 0.481 e. The summed E-state index contributed by atoms with van der Waals surface area (Å²) in [6, 6.07) is 5.11. The van der Waals surface area contributed by atoms with Crippen LogP contribution in [0.15, 0.2) is 41.6 Å². The molecule has 3 aromatic heterocycles. The zero-order valence-corrected chi connectivity index (χ0v) is 17.3. The van der Waals surface area contributed by atoms with E-state index in [-0.39, 0.29) is 11.3 Å². The number of hydrogen-bond acceptors (Lipinski definition) is 6. The monoisotopic (exact) mass is 425 g/mol. The Morgan fingerprint density at radius 2 is 2.03 bits per heavy atom. The Morgan fingerprint density at radius 3 is 2.74 bits per heavy atom. The molecule has 9 heteroatoms. The Balaban J connectivity index is 1.70. The van der Waals surface area contributed by atoms with E-state index in [2.05, 4.69) is 20.3 Å².